The Hall–Kier alpha value is -3.79. The summed E-state index contributed by atoms with van der Waals surface area (Å²) in [4.78, 5) is 24.0. The van der Waals surface area contributed by atoms with Gasteiger partial charge in [-0.1, -0.05) is 29.8 Å². The van der Waals surface area contributed by atoms with Gasteiger partial charge in [-0.25, -0.2) is 4.79 Å². The Bertz CT molecular complexity index is 942. The van der Waals surface area contributed by atoms with Crippen LogP contribution in [0.15, 0.2) is 48.0 Å². The van der Waals surface area contributed by atoms with Crippen LogP contribution in [-0.2, 0) is 14.3 Å². The van der Waals surface area contributed by atoms with E-state index in [4.69, 9.17) is 19.5 Å². The van der Waals surface area contributed by atoms with Crippen molar-refractivity contribution in [3.05, 3.63) is 59.2 Å². The van der Waals surface area contributed by atoms with Crippen molar-refractivity contribution in [1.29, 1.82) is 5.26 Å². The number of nitrogens with one attached hydrogen (secondary N) is 1. The largest absolute Gasteiger partial charge is 0.454 e. The van der Waals surface area contributed by atoms with Gasteiger partial charge in [0.05, 0.1) is 0 Å². The molecule has 0 aliphatic carbocycles. The third-order valence-corrected chi connectivity index (χ3v) is 3.72. The van der Waals surface area contributed by atoms with Crippen LogP contribution in [0, 0.1) is 18.3 Å². The number of carbonyl (C=O) groups excluding carboxylic acids is 2. The fraction of sp³-hybridized carbons (Fsp3) is 0.150. The van der Waals surface area contributed by atoms with Gasteiger partial charge in [-0.05, 0) is 30.7 Å². The van der Waals surface area contributed by atoms with Crippen molar-refractivity contribution in [3.8, 4) is 17.6 Å². The standard InChI is InChI=1S/C20H16N2O5/c1-13-2-4-14(5-3-13)8-15(10-21)20(24)25-11-19(23)22-16-6-7-17-18(9-16)27-12-26-17/h2-9H,11-12H2,1H3,(H,22,23)/b15-8+. The van der Waals surface area contributed by atoms with Crippen molar-refractivity contribution in [2.24, 2.45) is 0 Å². The van der Waals surface area contributed by atoms with E-state index >= 15 is 0 Å². The number of hydrogen-bond acceptors (Lipinski definition) is 6. The van der Waals surface area contributed by atoms with Gasteiger partial charge in [0.15, 0.2) is 18.1 Å². The molecule has 0 bridgehead atoms. The lowest BCUT2D eigenvalue weighted by Gasteiger charge is -2.07. The molecule has 2 aromatic rings. The van der Waals surface area contributed by atoms with Gasteiger partial charge in [0, 0.05) is 11.8 Å². The number of nitriles is 1. The molecule has 0 atom stereocenters. The molecule has 0 unspecified atom stereocenters. The van der Waals surface area contributed by atoms with Crippen LogP contribution in [0.5, 0.6) is 11.5 Å². The maximum Gasteiger partial charge on any atom is 0.349 e. The first-order valence-electron chi connectivity index (χ1n) is 8.10. The number of esters is 1. The smallest absolute Gasteiger partial charge is 0.349 e. The van der Waals surface area contributed by atoms with E-state index in [2.05, 4.69) is 5.32 Å². The molecule has 0 aromatic heterocycles. The Morgan fingerprint density at radius 1 is 1.19 bits per heavy atom. The van der Waals surface area contributed by atoms with E-state index in [1.165, 1.54) is 6.08 Å². The van der Waals surface area contributed by atoms with Gasteiger partial charge in [-0.15, -0.1) is 0 Å². The minimum absolute atomic E-state index is 0.134. The van der Waals surface area contributed by atoms with Gasteiger partial charge in [0.1, 0.15) is 11.6 Å². The molecule has 0 saturated carbocycles. The van der Waals surface area contributed by atoms with Gasteiger partial charge < -0.3 is 19.5 Å². The molecule has 27 heavy (non-hydrogen) atoms. The Morgan fingerprint density at radius 3 is 2.67 bits per heavy atom. The molecule has 1 amide bonds. The van der Waals surface area contributed by atoms with Crippen molar-refractivity contribution < 1.29 is 23.8 Å². The van der Waals surface area contributed by atoms with E-state index in [1.807, 2.05) is 19.1 Å². The third-order valence-electron chi connectivity index (χ3n) is 3.72. The molecule has 1 aliphatic heterocycles. The van der Waals surface area contributed by atoms with E-state index in [-0.39, 0.29) is 12.4 Å². The number of carbonyl (C=O) groups is 2. The van der Waals surface area contributed by atoms with Gasteiger partial charge in [0.25, 0.3) is 5.91 Å². The van der Waals surface area contributed by atoms with Crippen molar-refractivity contribution in [1.82, 2.24) is 0 Å². The van der Waals surface area contributed by atoms with Crippen molar-refractivity contribution in [2.75, 3.05) is 18.7 Å². The van der Waals surface area contributed by atoms with Gasteiger partial charge in [-0.2, -0.15) is 5.26 Å². The van der Waals surface area contributed by atoms with Crippen LogP contribution < -0.4 is 14.8 Å². The van der Waals surface area contributed by atoms with E-state index in [9.17, 15) is 9.59 Å². The quantitative estimate of drug-likeness (QED) is 0.498. The maximum absolute atomic E-state index is 12.0. The predicted octanol–water partition coefficient (Wildman–Crippen LogP) is 2.81. The maximum atomic E-state index is 12.0. The van der Waals surface area contributed by atoms with Crippen LogP contribution in [0.2, 0.25) is 0 Å². The fourth-order valence-corrected chi connectivity index (χ4v) is 2.35. The molecule has 0 saturated heterocycles. The number of anilines is 1. The highest BCUT2D eigenvalue weighted by Gasteiger charge is 2.16. The summed E-state index contributed by atoms with van der Waals surface area (Å²) >= 11 is 0. The molecule has 0 radical (unpaired) electrons. The lowest BCUT2D eigenvalue weighted by molar-refractivity contribution is -0.142. The molecular formula is C20H16N2O5. The van der Waals surface area contributed by atoms with Crippen molar-refractivity contribution in [2.45, 2.75) is 6.92 Å². The SMILES string of the molecule is Cc1ccc(/C=C(\C#N)C(=O)OCC(=O)Nc2ccc3c(c2)OCO3)cc1. The van der Waals surface area contributed by atoms with Crippen LogP contribution in [0.3, 0.4) is 0 Å². The summed E-state index contributed by atoms with van der Waals surface area (Å²) in [5.74, 6) is -0.273. The van der Waals surface area contributed by atoms with E-state index in [0.29, 0.717) is 22.7 Å². The van der Waals surface area contributed by atoms with Gasteiger partial charge in [-0.3, -0.25) is 4.79 Å². The summed E-state index contributed by atoms with van der Waals surface area (Å²) in [6.07, 6.45) is 1.41. The monoisotopic (exact) mass is 364 g/mol. The number of fused-ring (bicyclic) bond motifs is 1. The minimum atomic E-state index is -0.862. The summed E-state index contributed by atoms with van der Waals surface area (Å²) in [5.41, 5.74) is 2.05. The van der Waals surface area contributed by atoms with Gasteiger partial charge in [0.2, 0.25) is 6.79 Å². The predicted molar refractivity (Wildman–Crippen MR) is 96.9 cm³/mol. The molecule has 1 aliphatic rings. The summed E-state index contributed by atoms with van der Waals surface area (Å²) in [6, 6.07) is 14.0. The number of benzene rings is 2. The first-order chi connectivity index (χ1) is 13.0. The second kappa shape index (κ2) is 8.06. The number of aryl methyl sites for hydroxylation is 1. The fourth-order valence-electron chi connectivity index (χ4n) is 2.35. The van der Waals surface area contributed by atoms with Crippen LogP contribution in [0.25, 0.3) is 6.08 Å². The molecule has 0 spiro atoms. The molecule has 3 rings (SSSR count). The lowest BCUT2D eigenvalue weighted by Crippen LogP contribution is -2.21. The van der Waals surface area contributed by atoms with E-state index in [1.54, 1.807) is 36.4 Å². The molecule has 7 heteroatoms. The highest BCUT2D eigenvalue weighted by atomic mass is 16.7. The summed E-state index contributed by atoms with van der Waals surface area (Å²) in [7, 11) is 0. The second-order valence-corrected chi connectivity index (χ2v) is 5.77. The van der Waals surface area contributed by atoms with E-state index in [0.717, 1.165) is 5.56 Å². The average Bonchev–Trinajstić information content (AvgIpc) is 3.13. The Labute approximate surface area is 155 Å². The van der Waals surface area contributed by atoms with Gasteiger partial charge >= 0.3 is 5.97 Å². The van der Waals surface area contributed by atoms with Crippen LogP contribution in [-0.4, -0.2) is 25.3 Å². The Kier molecular flexibility index (Phi) is 5.38. The van der Waals surface area contributed by atoms with Crippen LogP contribution in [0.4, 0.5) is 5.69 Å². The van der Waals surface area contributed by atoms with Crippen LogP contribution in [0.1, 0.15) is 11.1 Å². The number of hydrogen-bond donors (Lipinski definition) is 1. The molecule has 2 aromatic carbocycles. The Morgan fingerprint density at radius 2 is 1.93 bits per heavy atom. The first kappa shape index (κ1) is 18.0. The summed E-state index contributed by atoms with van der Waals surface area (Å²) < 4.78 is 15.3. The molecular weight excluding hydrogens is 348 g/mol. The van der Waals surface area contributed by atoms with Crippen molar-refractivity contribution >= 4 is 23.6 Å². The molecule has 1 heterocycles. The zero-order valence-corrected chi connectivity index (χ0v) is 14.5. The second-order valence-electron chi connectivity index (χ2n) is 5.77. The van der Waals surface area contributed by atoms with E-state index < -0.39 is 18.5 Å². The Balaban J connectivity index is 1.56. The zero-order valence-electron chi connectivity index (χ0n) is 14.5. The molecule has 136 valence electrons. The number of nitrogens with zero attached hydrogens (tertiary/aromatic N) is 1. The summed E-state index contributed by atoms with van der Waals surface area (Å²) in [6.45, 7) is 1.56. The number of rotatable bonds is 5. The highest BCUT2D eigenvalue weighted by Crippen LogP contribution is 2.34. The molecule has 1 N–H and O–H groups in total. The average molecular weight is 364 g/mol. The lowest BCUT2D eigenvalue weighted by atomic mass is 10.1. The topological polar surface area (TPSA) is 97.7 Å². The number of ether oxygens (including phenoxy) is 3. The summed E-state index contributed by atoms with van der Waals surface area (Å²) in [5, 5.41) is 11.7. The highest BCUT2D eigenvalue weighted by molar-refractivity contribution is 6.00. The normalized spacial score (nSPS) is 12.2. The molecule has 7 nitrogen and oxygen atoms in total. The molecule has 0 fully saturated rings. The van der Waals surface area contributed by atoms with Crippen molar-refractivity contribution in [3.63, 3.8) is 0 Å². The third kappa shape index (κ3) is 4.64. The number of amides is 1. The minimum Gasteiger partial charge on any atom is -0.454 e. The first-order valence-corrected chi connectivity index (χ1v) is 8.10. The van der Waals surface area contributed by atoms with Crippen LogP contribution >= 0.6 is 0 Å². The zero-order chi connectivity index (χ0) is 19.2.